The zero-order valence-corrected chi connectivity index (χ0v) is 21.4. The fourth-order valence-corrected chi connectivity index (χ4v) is 5.49. The van der Waals surface area contributed by atoms with Crippen LogP contribution >= 0.6 is 31.9 Å². The summed E-state index contributed by atoms with van der Waals surface area (Å²) in [5, 5.41) is 12.0. The molecule has 2 N–H and O–H groups in total. The van der Waals surface area contributed by atoms with Crippen LogP contribution in [-0.4, -0.2) is 38.6 Å². The zero-order valence-electron chi connectivity index (χ0n) is 17.4. The van der Waals surface area contributed by atoms with Gasteiger partial charge in [-0.2, -0.15) is 0 Å². The molecule has 0 saturated carbocycles. The van der Waals surface area contributed by atoms with E-state index in [4.69, 9.17) is 9.47 Å². The number of anilines is 1. The zero-order chi connectivity index (χ0) is 24.5. The molecule has 4 rings (SSSR count). The third kappa shape index (κ3) is 5.26. The minimum Gasteiger partial charge on any atom is -0.486 e. The number of carboxylic acid groups (broad SMARTS) is 1. The molecule has 0 aromatic heterocycles. The average Bonchev–Trinajstić information content (AvgIpc) is 2.79. The molecule has 1 aliphatic rings. The van der Waals surface area contributed by atoms with Gasteiger partial charge in [-0.25, -0.2) is 13.2 Å². The van der Waals surface area contributed by atoms with Gasteiger partial charge in [-0.15, -0.1) is 0 Å². The molecule has 0 fully saturated rings. The van der Waals surface area contributed by atoms with E-state index >= 15 is 0 Å². The molecular formula is C23H17Br2NO7S. The van der Waals surface area contributed by atoms with Crippen LogP contribution in [0.15, 0.2) is 68.4 Å². The number of halogens is 2. The van der Waals surface area contributed by atoms with Gasteiger partial charge in [-0.1, -0.05) is 22.0 Å². The Morgan fingerprint density at radius 2 is 1.65 bits per heavy atom. The summed E-state index contributed by atoms with van der Waals surface area (Å²) >= 11 is 6.47. The van der Waals surface area contributed by atoms with Crippen molar-refractivity contribution in [3.8, 4) is 11.5 Å². The van der Waals surface area contributed by atoms with Crippen molar-refractivity contribution in [2.45, 2.75) is 10.6 Å². The molecule has 0 saturated heterocycles. The number of hydrogen-bond donors (Lipinski definition) is 2. The minimum atomic E-state index is -3.81. The smallest absolute Gasteiger partial charge is 0.337 e. The molecule has 11 heteroatoms. The van der Waals surface area contributed by atoms with Crippen molar-refractivity contribution >= 4 is 59.3 Å². The molecule has 0 atom stereocenters. The largest absolute Gasteiger partial charge is 0.486 e. The van der Waals surface area contributed by atoms with Crippen molar-refractivity contribution in [2.24, 2.45) is 0 Å². The first-order valence-electron chi connectivity index (χ1n) is 9.89. The van der Waals surface area contributed by atoms with Gasteiger partial charge in [-0.05, 0) is 70.0 Å². The second-order valence-corrected chi connectivity index (χ2v) is 11.1. The first-order chi connectivity index (χ1) is 16.1. The van der Waals surface area contributed by atoms with Crippen molar-refractivity contribution in [3.05, 3.63) is 80.2 Å². The Bertz CT molecular complexity index is 1410. The number of fused-ring (bicyclic) bond motifs is 1. The maximum absolute atomic E-state index is 13.1. The summed E-state index contributed by atoms with van der Waals surface area (Å²) in [6, 6.07) is 13.5. The number of sulfone groups is 1. The topological polar surface area (TPSA) is 119 Å². The molecule has 0 unspecified atom stereocenters. The highest BCUT2D eigenvalue weighted by Gasteiger charge is 2.22. The Hall–Kier alpha value is -2.89. The number of amides is 1. The molecule has 1 amide bonds. The fraction of sp³-hybridized carbons (Fsp3) is 0.130. The number of benzene rings is 3. The van der Waals surface area contributed by atoms with Crippen molar-refractivity contribution in [1.82, 2.24) is 0 Å². The van der Waals surface area contributed by atoms with Gasteiger partial charge in [0.25, 0.3) is 5.91 Å². The molecule has 0 aliphatic carbocycles. The lowest BCUT2D eigenvalue weighted by Gasteiger charge is -2.19. The van der Waals surface area contributed by atoms with Gasteiger partial charge in [0.05, 0.1) is 27.5 Å². The summed E-state index contributed by atoms with van der Waals surface area (Å²) in [7, 11) is -3.81. The molecule has 176 valence electrons. The lowest BCUT2D eigenvalue weighted by Crippen LogP contribution is -2.17. The number of ether oxygens (including phenoxy) is 2. The van der Waals surface area contributed by atoms with Gasteiger partial charge >= 0.3 is 5.97 Å². The van der Waals surface area contributed by atoms with Crippen LogP contribution in [0.4, 0.5) is 5.69 Å². The summed E-state index contributed by atoms with van der Waals surface area (Å²) in [5.41, 5.74) is 0.528. The Morgan fingerprint density at radius 3 is 2.38 bits per heavy atom. The van der Waals surface area contributed by atoms with E-state index in [1.165, 1.54) is 30.3 Å². The van der Waals surface area contributed by atoms with E-state index in [1.54, 1.807) is 24.3 Å². The van der Waals surface area contributed by atoms with Crippen LogP contribution in [0.5, 0.6) is 11.5 Å². The molecule has 1 aliphatic heterocycles. The number of carbonyl (C=O) groups is 2. The quantitative estimate of drug-likeness (QED) is 0.407. The minimum absolute atomic E-state index is 0.0440. The number of carbonyl (C=O) groups excluding carboxylic acids is 1. The summed E-state index contributed by atoms with van der Waals surface area (Å²) in [5.74, 6) is -1.14. The Morgan fingerprint density at radius 1 is 0.912 bits per heavy atom. The van der Waals surface area contributed by atoms with Crippen molar-refractivity contribution in [2.75, 3.05) is 18.5 Å². The number of carboxylic acids is 1. The van der Waals surface area contributed by atoms with Crippen LogP contribution in [0, 0.1) is 0 Å². The van der Waals surface area contributed by atoms with E-state index in [0.717, 1.165) is 0 Å². The third-order valence-electron chi connectivity index (χ3n) is 4.97. The van der Waals surface area contributed by atoms with Crippen molar-refractivity contribution in [3.63, 3.8) is 0 Å². The normalized spacial score (nSPS) is 12.8. The monoisotopic (exact) mass is 609 g/mol. The summed E-state index contributed by atoms with van der Waals surface area (Å²) in [6.45, 7) is 0.818. The third-order valence-corrected chi connectivity index (χ3v) is 7.84. The highest BCUT2D eigenvalue weighted by molar-refractivity contribution is 9.10. The van der Waals surface area contributed by atoms with Gasteiger partial charge in [0.15, 0.2) is 21.3 Å². The van der Waals surface area contributed by atoms with Gasteiger partial charge in [0.2, 0.25) is 0 Å². The van der Waals surface area contributed by atoms with E-state index < -0.39 is 21.7 Å². The average molecular weight is 611 g/mol. The lowest BCUT2D eigenvalue weighted by atomic mass is 10.1. The summed E-state index contributed by atoms with van der Waals surface area (Å²) < 4.78 is 38.1. The van der Waals surface area contributed by atoms with E-state index in [1.807, 2.05) is 0 Å². The van der Waals surface area contributed by atoms with Crippen LogP contribution in [0.3, 0.4) is 0 Å². The molecule has 0 radical (unpaired) electrons. The fourth-order valence-electron chi connectivity index (χ4n) is 3.34. The number of aromatic carboxylic acids is 1. The first-order valence-corrected chi connectivity index (χ1v) is 13.1. The molecule has 3 aromatic carbocycles. The van der Waals surface area contributed by atoms with Crippen molar-refractivity contribution < 1.29 is 32.6 Å². The van der Waals surface area contributed by atoms with E-state index in [-0.39, 0.29) is 27.5 Å². The maximum Gasteiger partial charge on any atom is 0.337 e. The predicted molar refractivity (Wildman–Crippen MR) is 132 cm³/mol. The van der Waals surface area contributed by atoms with Crippen LogP contribution in [0.25, 0.3) is 0 Å². The molecular weight excluding hydrogens is 594 g/mol. The van der Waals surface area contributed by atoms with E-state index in [9.17, 15) is 23.1 Å². The second kappa shape index (κ2) is 9.77. The Labute approximate surface area is 212 Å². The number of rotatable bonds is 6. The Kier molecular flexibility index (Phi) is 6.96. The van der Waals surface area contributed by atoms with E-state index in [0.29, 0.717) is 39.2 Å². The number of hydrogen-bond acceptors (Lipinski definition) is 6. The highest BCUT2D eigenvalue weighted by atomic mass is 79.9. The number of nitrogens with one attached hydrogen (secondary N) is 1. The van der Waals surface area contributed by atoms with Crippen molar-refractivity contribution in [1.29, 1.82) is 0 Å². The molecule has 8 nitrogen and oxygen atoms in total. The molecule has 34 heavy (non-hydrogen) atoms. The van der Waals surface area contributed by atoms with Gasteiger partial charge in [0, 0.05) is 8.95 Å². The van der Waals surface area contributed by atoms with Crippen LogP contribution in [-0.2, 0) is 15.6 Å². The van der Waals surface area contributed by atoms with E-state index in [2.05, 4.69) is 37.2 Å². The predicted octanol–water partition coefficient (Wildman–Crippen LogP) is 4.91. The molecule has 3 aromatic rings. The molecule has 0 bridgehead atoms. The SMILES string of the molecule is O=C(Nc1ccc(Br)cc1C(=O)O)c1cc(S(=O)(=O)Cc2ccc3c(c2)OCCO3)ccc1Br. The standard InChI is InChI=1S/C23H17Br2NO7S/c24-14-2-5-19(17(10-14)23(28)29)26-22(27)16-11-15(3-4-18(16)25)34(30,31)12-13-1-6-20-21(9-13)33-8-7-32-20/h1-6,9-11H,7-8,12H2,(H,26,27)(H,28,29). The van der Waals surface area contributed by atoms with Gasteiger partial charge in [0.1, 0.15) is 13.2 Å². The maximum atomic E-state index is 13.1. The highest BCUT2D eigenvalue weighted by Crippen LogP contribution is 2.32. The first kappa shape index (κ1) is 24.2. The lowest BCUT2D eigenvalue weighted by molar-refractivity contribution is 0.0698. The molecule has 0 spiro atoms. The second-order valence-electron chi connectivity index (χ2n) is 7.33. The van der Waals surface area contributed by atoms with Gasteiger partial charge < -0.3 is 19.9 Å². The van der Waals surface area contributed by atoms with Gasteiger partial charge in [-0.3, -0.25) is 4.79 Å². The van der Waals surface area contributed by atoms with Crippen LogP contribution < -0.4 is 14.8 Å². The molecule has 1 heterocycles. The summed E-state index contributed by atoms with van der Waals surface area (Å²) in [6.07, 6.45) is 0. The Balaban J connectivity index is 1.60. The van der Waals surface area contributed by atoms with Crippen LogP contribution in [0.1, 0.15) is 26.3 Å². The van der Waals surface area contributed by atoms with Crippen LogP contribution in [0.2, 0.25) is 0 Å². The summed E-state index contributed by atoms with van der Waals surface area (Å²) in [4.78, 5) is 24.4.